The summed E-state index contributed by atoms with van der Waals surface area (Å²) in [6, 6.07) is 10.1. The van der Waals surface area contributed by atoms with Gasteiger partial charge in [0.05, 0.1) is 49.6 Å². The molecule has 0 saturated carbocycles. The van der Waals surface area contributed by atoms with Crippen LogP contribution < -0.4 is 18.6 Å². The maximum atomic E-state index is 17.3. The fraction of sp³-hybridized carbons (Fsp3) is 0.290. The highest BCUT2D eigenvalue weighted by molar-refractivity contribution is 5.65. The van der Waals surface area contributed by atoms with Gasteiger partial charge < -0.3 is 9.47 Å². The normalized spacial score (nSPS) is 12.8. The van der Waals surface area contributed by atoms with Crippen molar-refractivity contribution in [3.8, 4) is 34.0 Å². The van der Waals surface area contributed by atoms with Crippen LogP contribution in [-0.2, 0) is 26.2 Å². The number of benzene rings is 2. The van der Waals surface area contributed by atoms with Gasteiger partial charge in [0.25, 0.3) is 5.67 Å². The first-order chi connectivity index (χ1) is 18.8. The van der Waals surface area contributed by atoms with E-state index >= 15 is 13.2 Å². The van der Waals surface area contributed by atoms with Gasteiger partial charge in [-0.15, -0.1) is 0 Å². The van der Waals surface area contributed by atoms with E-state index in [0.29, 0.717) is 17.5 Å². The van der Waals surface area contributed by atoms with Gasteiger partial charge in [0.2, 0.25) is 22.8 Å². The lowest BCUT2D eigenvalue weighted by Gasteiger charge is -2.20. The van der Waals surface area contributed by atoms with Gasteiger partial charge in [-0.25, -0.2) is 22.0 Å². The summed E-state index contributed by atoms with van der Waals surface area (Å²) in [4.78, 5) is 0. The third kappa shape index (κ3) is 5.00. The Morgan fingerprint density at radius 1 is 0.700 bits per heavy atom. The highest BCUT2D eigenvalue weighted by Crippen LogP contribution is 2.38. The second-order valence-corrected chi connectivity index (χ2v) is 9.81. The van der Waals surface area contributed by atoms with Crippen molar-refractivity contribution < 1.29 is 40.6 Å². The van der Waals surface area contributed by atoms with Gasteiger partial charge in [-0.1, -0.05) is 6.92 Å². The van der Waals surface area contributed by atoms with Gasteiger partial charge in [0.15, 0.2) is 0 Å². The number of hydrogen-bond acceptors (Lipinski definition) is 2. The Labute approximate surface area is 230 Å². The van der Waals surface area contributed by atoms with E-state index in [4.69, 9.17) is 9.47 Å². The molecule has 2 heterocycles. The van der Waals surface area contributed by atoms with Crippen LogP contribution in [0, 0.1) is 30.2 Å². The molecule has 2 aromatic heterocycles. The lowest BCUT2D eigenvalue weighted by atomic mass is 9.93. The molecule has 9 heteroatoms. The Bertz CT molecular complexity index is 1600. The Morgan fingerprint density at radius 2 is 1.15 bits per heavy atom. The quantitative estimate of drug-likeness (QED) is 0.195. The minimum absolute atomic E-state index is 0.0788. The van der Waals surface area contributed by atoms with Gasteiger partial charge in [-0.3, -0.25) is 0 Å². The molecule has 0 N–H and O–H groups in total. The van der Waals surface area contributed by atoms with Crippen LogP contribution in [0.25, 0.3) is 22.5 Å². The predicted octanol–water partition coefficient (Wildman–Crippen LogP) is 6.35. The van der Waals surface area contributed by atoms with E-state index < -0.39 is 28.9 Å². The summed E-state index contributed by atoms with van der Waals surface area (Å²) in [5.74, 6) is -2.53. The number of methoxy groups -OCH3 is 2. The van der Waals surface area contributed by atoms with Gasteiger partial charge in [-0.2, -0.15) is 9.13 Å². The van der Waals surface area contributed by atoms with Crippen LogP contribution in [0.5, 0.6) is 11.5 Å². The number of aryl methyl sites for hydroxylation is 2. The molecule has 0 spiro atoms. The minimum Gasteiger partial charge on any atom is -0.496 e. The average molecular weight is 559 g/mol. The average Bonchev–Trinajstić information content (AvgIpc) is 2.88. The second-order valence-electron chi connectivity index (χ2n) is 9.81. The summed E-state index contributed by atoms with van der Waals surface area (Å²) in [5.41, 5.74) is -0.628. The van der Waals surface area contributed by atoms with E-state index in [0.717, 1.165) is 12.1 Å². The second kappa shape index (κ2) is 10.9. The molecule has 210 valence electrons. The van der Waals surface area contributed by atoms with Gasteiger partial charge in [0, 0.05) is 12.1 Å². The number of rotatable bonds is 7. The molecule has 1 unspecified atom stereocenters. The first-order valence-corrected chi connectivity index (χ1v) is 12.6. The Hall–Kier alpha value is -4.01. The van der Waals surface area contributed by atoms with E-state index in [-0.39, 0.29) is 45.4 Å². The van der Waals surface area contributed by atoms with Crippen molar-refractivity contribution in [1.29, 1.82) is 0 Å². The number of alkyl halides is 1. The SMILES string of the molecule is CCc1cc(F)cc(F)c1-c1cc(OC)cc(C(C)(F)c2cc(OC)cc(-c3c(C)cc(F)cc3F)[n+]2C)[n+]1C. The zero-order valence-electron chi connectivity index (χ0n) is 23.4. The molecule has 0 saturated heterocycles. The lowest BCUT2D eigenvalue weighted by molar-refractivity contribution is -0.690. The molecule has 2 aromatic carbocycles. The van der Waals surface area contributed by atoms with Gasteiger partial charge in [-0.05, 0) is 43.5 Å². The number of aromatic nitrogens is 2. The fourth-order valence-electron chi connectivity index (χ4n) is 5.24. The maximum absolute atomic E-state index is 17.3. The summed E-state index contributed by atoms with van der Waals surface area (Å²) >= 11 is 0. The molecule has 0 radical (unpaired) electrons. The smallest absolute Gasteiger partial charge is 0.274 e. The highest BCUT2D eigenvalue weighted by Gasteiger charge is 2.46. The van der Waals surface area contributed by atoms with E-state index in [2.05, 4.69) is 0 Å². The molecule has 0 aliphatic carbocycles. The van der Waals surface area contributed by atoms with Crippen LogP contribution in [0.1, 0.15) is 36.4 Å². The van der Waals surface area contributed by atoms with Crippen molar-refractivity contribution in [1.82, 2.24) is 0 Å². The Kier molecular flexibility index (Phi) is 7.87. The largest absolute Gasteiger partial charge is 0.496 e. The molecular weight excluding hydrogens is 527 g/mol. The Balaban J connectivity index is 2.03. The maximum Gasteiger partial charge on any atom is 0.274 e. The first kappa shape index (κ1) is 29.0. The van der Waals surface area contributed by atoms with Crippen LogP contribution in [-0.4, -0.2) is 14.2 Å². The van der Waals surface area contributed by atoms with Crippen LogP contribution >= 0.6 is 0 Å². The van der Waals surface area contributed by atoms with E-state index in [1.165, 1.54) is 54.5 Å². The van der Waals surface area contributed by atoms with Crippen molar-refractivity contribution in [2.45, 2.75) is 32.9 Å². The minimum atomic E-state index is -2.27. The molecule has 4 nitrogen and oxygen atoms in total. The summed E-state index contributed by atoms with van der Waals surface area (Å²) in [6.07, 6.45) is 0.334. The molecule has 0 aliphatic rings. The number of nitrogens with zero attached hydrogens (tertiary/aromatic N) is 2. The zero-order chi connectivity index (χ0) is 29.5. The zero-order valence-corrected chi connectivity index (χ0v) is 23.4. The fourth-order valence-corrected chi connectivity index (χ4v) is 5.24. The van der Waals surface area contributed by atoms with Crippen molar-refractivity contribution in [2.24, 2.45) is 14.1 Å². The van der Waals surface area contributed by atoms with Crippen molar-refractivity contribution in [3.05, 3.63) is 94.3 Å². The highest BCUT2D eigenvalue weighted by atomic mass is 19.2. The van der Waals surface area contributed by atoms with Crippen molar-refractivity contribution in [3.63, 3.8) is 0 Å². The molecular formula is C31H31F5N2O2+2. The molecule has 40 heavy (non-hydrogen) atoms. The number of halogens is 5. The lowest BCUT2D eigenvalue weighted by Crippen LogP contribution is -2.49. The van der Waals surface area contributed by atoms with Crippen molar-refractivity contribution >= 4 is 0 Å². The molecule has 4 aromatic rings. The summed E-state index contributed by atoms with van der Waals surface area (Å²) in [7, 11) is 5.96. The predicted molar refractivity (Wildman–Crippen MR) is 141 cm³/mol. The topological polar surface area (TPSA) is 26.2 Å². The number of hydrogen-bond donors (Lipinski definition) is 0. The number of pyridine rings is 2. The molecule has 0 amide bonds. The van der Waals surface area contributed by atoms with Crippen molar-refractivity contribution in [2.75, 3.05) is 14.2 Å². The molecule has 4 rings (SSSR count). The van der Waals surface area contributed by atoms with Crippen LogP contribution in [0.3, 0.4) is 0 Å². The van der Waals surface area contributed by atoms with E-state index in [1.807, 2.05) is 0 Å². The van der Waals surface area contributed by atoms with Crippen LogP contribution in [0.4, 0.5) is 22.0 Å². The van der Waals surface area contributed by atoms with E-state index in [1.54, 1.807) is 40.1 Å². The first-order valence-electron chi connectivity index (χ1n) is 12.6. The number of ether oxygens (including phenoxy) is 2. The van der Waals surface area contributed by atoms with E-state index in [9.17, 15) is 8.78 Å². The summed E-state index contributed by atoms with van der Waals surface area (Å²) in [5, 5.41) is 0. The standard InChI is InChI=1S/C31H31F5N2O2/c1-8-18-10-20(33)12-24(35)30(18)26-14-22(40-7)16-28(38(26)5)31(3,36)27-15-21(39-6)13-25(37(27)4)29-17(2)9-19(32)11-23(29)34/h9-16H,8H2,1-7H3/q+2. The molecule has 0 aliphatic heterocycles. The summed E-state index contributed by atoms with van der Waals surface area (Å²) in [6.45, 7) is 4.65. The van der Waals surface area contributed by atoms with Crippen LogP contribution in [0.2, 0.25) is 0 Å². The third-order valence-corrected chi connectivity index (χ3v) is 7.28. The van der Waals surface area contributed by atoms with Crippen LogP contribution in [0.15, 0.2) is 48.5 Å². The molecule has 1 atom stereocenters. The monoisotopic (exact) mass is 558 g/mol. The molecule has 0 bridgehead atoms. The molecule has 0 fully saturated rings. The Morgan fingerprint density at radius 3 is 1.60 bits per heavy atom. The van der Waals surface area contributed by atoms with Gasteiger partial charge in [0.1, 0.15) is 48.9 Å². The third-order valence-electron chi connectivity index (χ3n) is 7.28. The summed E-state index contributed by atoms with van der Waals surface area (Å²) < 4.78 is 89.2. The van der Waals surface area contributed by atoms with Gasteiger partial charge >= 0.3 is 0 Å².